The van der Waals surface area contributed by atoms with Crippen LogP contribution in [0.3, 0.4) is 0 Å². The van der Waals surface area contributed by atoms with Gasteiger partial charge in [0, 0.05) is 35.9 Å². The number of rotatable bonds is 5. The van der Waals surface area contributed by atoms with Crippen molar-refractivity contribution in [2.45, 2.75) is 12.5 Å². The minimum atomic E-state index is -0.108. The van der Waals surface area contributed by atoms with Crippen LogP contribution in [-0.2, 0) is 6.42 Å². The maximum absolute atomic E-state index is 5.93. The summed E-state index contributed by atoms with van der Waals surface area (Å²) in [5.41, 5.74) is 11.3. The van der Waals surface area contributed by atoms with Gasteiger partial charge in [0.1, 0.15) is 0 Å². The van der Waals surface area contributed by atoms with Crippen molar-refractivity contribution in [1.29, 1.82) is 0 Å². The molecular formula is C13H17N5O. The molecule has 100 valence electrons. The zero-order chi connectivity index (χ0) is 13.7. The van der Waals surface area contributed by atoms with Crippen LogP contribution in [-0.4, -0.2) is 17.1 Å². The van der Waals surface area contributed by atoms with Crippen molar-refractivity contribution in [1.82, 2.24) is 15.4 Å². The number of hydrogen-bond acceptors (Lipinski definition) is 6. The molecule has 0 aliphatic rings. The van der Waals surface area contributed by atoms with Crippen molar-refractivity contribution in [3.63, 3.8) is 0 Å². The molecule has 0 fully saturated rings. The third-order valence-electron chi connectivity index (χ3n) is 2.91. The van der Waals surface area contributed by atoms with E-state index in [-0.39, 0.29) is 6.04 Å². The predicted molar refractivity (Wildman–Crippen MR) is 73.2 cm³/mol. The van der Waals surface area contributed by atoms with Gasteiger partial charge in [-0.2, -0.15) is 0 Å². The van der Waals surface area contributed by atoms with E-state index in [9.17, 15) is 0 Å². The van der Waals surface area contributed by atoms with Crippen molar-refractivity contribution in [3.05, 3.63) is 47.9 Å². The molecule has 5 N–H and O–H groups in total. The Kier molecular flexibility index (Phi) is 4.27. The third kappa shape index (κ3) is 3.18. The van der Waals surface area contributed by atoms with Gasteiger partial charge >= 0.3 is 0 Å². The van der Waals surface area contributed by atoms with Crippen molar-refractivity contribution < 1.29 is 4.74 Å². The summed E-state index contributed by atoms with van der Waals surface area (Å²) in [6.07, 6.45) is 5.80. The molecule has 2 aromatic rings. The first-order valence-corrected chi connectivity index (χ1v) is 5.89. The lowest BCUT2D eigenvalue weighted by molar-refractivity contribution is 0.397. The number of pyridine rings is 2. The lowest BCUT2D eigenvalue weighted by Gasteiger charge is -2.17. The highest BCUT2D eigenvalue weighted by Crippen LogP contribution is 2.22. The van der Waals surface area contributed by atoms with Crippen molar-refractivity contribution in [2.24, 2.45) is 5.84 Å². The molecule has 0 radical (unpaired) electrons. The van der Waals surface area contributed by atoms with Crippen LogP contribution in [0.1, 0.15) is 17.2 Å². The van der Waals surface area contributed by atoms with E-state index < -0.39 is 0 Å². The van der Waals surface area contributed by atoms with Gasteiger partial charge in [-0.25, -0.2) is 4.98 Å². The van der Waals surface area contributed by atoms with Gasteiger partial charge in [0.15, 0.2) is 0 Å². The first kappa shape index (κ1) is 13.3. The second-order valence-corrected chi connectivity index (χ2v) is 4.14. The summed E-state index contributed by atoms with van der Waals surface area (Å²) in [4.78, 5) is 8.24. The summed E-state index contributed by atoms with van der Waals surface area (Å²) in [6, 6.07) is 5.41. The average Bonchev–Trinajstić information content (AvgIpc) is 2.46. The number of nitrogens with two attached hydrogens (primary N) is 2. The highest BCUT2D eigenvalue weighted by atomic mass is 16.5. The number of nitrogens with one attached hydrogen (secondary N) is 1. The monoisotopic (exact) mass is 259 g/mol. The molecule has 0 saturated carbocycles. The SMILES string of the molecule is COc1ccc(CC(NN)c2cnccc2N)cn1. The third-order valence-corrected chi connectivity index (χ3v) is 2.91. The molecule has 0 aromatic carbocycles. The quantitative estimate of drug-likeness (QED) is 0.543. The van der Waals surface area contributed by atoms with Crippen molar-refractivity contribution in [3.8, 4) is 5.88 Å². The molecule has 1 atom stereocenters. The van der Waals surface area contributed by atoms with Gasteiger partial charge in [0.05, 0.1) is 13.2 Å². The minimum absolute atomic E-state index is 0.108. The van der Waals surface area contributed by atoms with Crippen LogP contribution in [0.25, 0.3) is 0 Å². The first-order valence-electron chi connectivity index (χ1n) is 5.89. The first-order chi connectivity index (χ1) is 9.24. The molecule has 2 aromatic heterocycles. The highest BCUT2D eigenvalue weighted by Gasteiger charge is 2.14. The topological polar surface area (TPSA) is 99.1 Å². The van der Waals surface area contributed by atoms with E-state index in [1.165, 1.54) is 0 Å². The molecule has 1 unspecified atom stereocenters. The number of hydrazine groups is 1. The van der Waals surface area contributed by atoms with Crippen LogP contribution < -0.4 is 21.7 Å². The van der Waals surface area contributed by atoms with Crippen LogP contribution >= 0.6 is 0 Å². The van der Waals surface area contributed by atoms with Gasteiger partial charge < -0.3 is 10.5 Å². The summed E-state index contributed by atoms with van der Waals surface area (Å²) >= 11 is 0. The van der Waals surface area contributed by atoms with E-state index in [0.29, 0.717) is 18.0 Å². The fraction of sp³-hybridized carbons (Fsp3) is 0.231. The summed E-state index contributed by atoms with van der Waals surface area (Å²) in [7, 11) is 1.59. The maximum atomic E-state index is 5.93. The number of hydrogen-bond donors (Lipinski definition) is 3. The number of anilines is 1. The summed E-state index contributed by atoms with van der Waals surface area (Å²) < 4.78 is 5.02. The molecule has 0 aliphatic heterocycles. The Hall–Kier alpha value is -2.18. The van der Waals surface area contributed by atoms with Crippen LogP contribution in [0, 0.1) is 0 Å². The summed E-state index contributed by atoms with van der Waals surface area (Å²) in [5, 5.41) is 0. The number of nitrogen functional groups attached to an aromatic ring is 1. The van der Waals surface area contributed by atoms with Crippen LogP contribution in [0.4, 0.5) is 5.69 Å². The lowest BCUT2D eigenvalue weighted by atomic mass is 10.0. The molecule has 19 heavy (non-hydrogen) atoms. The molecule has 2 heterocycles. The highest BCUT2D eigenvalue weighted by molar-refractivity contribution is 5.46. The molecule has 0 saturated heterocycles. The molecule has 0 aliphatic carbocycles. The zero-order valence-corrected chi connectivity index (χ0v) is 10.7. The van der Waals surface area contributed by atoms with Gasteiger partial charge in [-0.1, -0.05) is 6.07 Å². The summed E-state index contributed by atoms with van der Waals surface area (Å²) in [5.74, 6) is 6.18. The van der Waals surface area contributed by atoms with E-state index in [1.54, 1.807) is 31.8 Å². The zero-order valence-electron chi connectivity index (χ0n) is 10.7. The van der Waals surface area contributed by atoms with Gasteiger partial charge in [-0.15, -0.1) is 0 Å². The number of nitrogens with zero attached hydrogens (tertiary/aromatic N) is 2. The maximum Gasteiger partial charge on any atom is 0.212 e. The van der Waals surface area contributed by atoms with Gasteiger partial charge in [-0.05, 0) is 18.1 Å². The normalized spacial score (nSPS) is 12.1. The molecule has 0 spiro atoms. The largest absolute Gasteiger partial charge is 0.481 e. The Morgan fingerprint density at radius 1 is 1.32 bits per heavy atom. The molecule has 6 nitrogen and oxygen atoms in total. The lowest BCUT2D eigenvalue weighted by Crippen LogP contribution is -2.30. The molecule has 2 rings (SSSR count). The Morgan fingerprint density at radius 3 is 2.74 bits per heavy atom. The van der Waals surface area contributed by atoms with E-state index >= 15 is 0 Å². The van der Waals surface area contributed by atoms with Crippen LogP contribution in [0.15, 0.2) is 36.8 Å². The Balaban J connectivity index is 2.17. The van der Waals surface area contributed by atoms with Gasteiger partial charge in [0.2, 0.25) is 5.88 Å². The minimum Gasteiger partial charge on any atom is -0.481 e. The van der Waals surface area contributed by atoms with Gasteiger partial charge in [0.25, 0.3) is 0 Å². The number of aromatic nitrogens is 2. The van der Waals surface area contributed by atoms with E-state index in [2.05, 4.69) is 15.4 Å². The second kappa shape index (κ2) is 6.12. The average molecular weight is 259 g/mol. The van der Waals surface area contributed by atoms with Crippen LogP contribution in [0.2, 0.25) is 0 Å². The second-order valence-electron chi connectivity index (χ2n) is 4.14. The van der Waals surface area contributed by atoms with E-state index in [0.717, 1.165) is 11.1 Å². The Labute approximate surface area is 111 Å². The molecule has 0 bridgehead atoms. The van der Waals surface area contributed by atoms with Crippen molar-refractivity contribution in [2.75, 3.05) is 12.8 Å². The predicted octanol–water partition coefficient (Wildman–Crippen LogP) is 0.815. The fourth-order valence-corrected chi connectivity index (χ4v) is 1.86. The molecular weight excluding hydrogens is 242 g/mol. The summed E-state index contributed by atoms with van der Waals surface area (Å²) in [6.45, 7) is 0. The number of methoxy groups -OCH3 is 1. The Morgan fingerprint density at radius 2 is 2.16 bits per heavy atom. The smallest absolute Gasteiger partial charge is 0.212 e. The van der Waals surface area contributed by atoms with Crippen molar-refractivity contribution >= 4 is 5.69 Å². The fourth-order valence-electron chi connectivity index (χ4n) is 1.86. The Bertz CT molecular complexity index is 529. The van der Waals surface area contributed by atoms with Gasteiger partial charge in [-0.3, -0.25) is 16.3 Å². The number of ether oxygens (including phenoxy) is 1. The van der Waals surface area contributed by atoms with Crippen LogP contribution in [0.5, 0.6) is 5.88 Å². The molecule has 6 heteroatoms. The molecule has 0 amide bonds. The van der Waals surface area contributed by atoms with E-state index in [1.807, 2.05) is 12.1 Å². The standard InChI is InChI=1S/C13H17N5O/c1-19-13-3-2-9(7-17-13)6-12(18-15)10-8-16-5-4-11(10)14/h2-5,7-8,12,18H,6,15H2,1H3,(H2,14,16). The van der Waals surface area contributed by atoms with E-state index in [4.69, 9.17) is 16.3 Å².